The molecule has 1 aliphatic heterocycles. The highest BCUT2D eigenvalue weighted by atomic mass is 16.5. The maximum Gasteiger partial charge on any atom is 0.161 e. The zero-order chi connectivity index (χ0) is 23.0. The Balaban J connectivity index is 1.57. The maximum atomic E-state index is 11.2. The van der Waals surface area contributed by atoms with E-state index in [0.29, 0.717) is 26.2 Å². The second-order valence-corrected chi connectivity index (χ2v) is 8.74. The Bertz CT molecular complexity index is 871. The van der Waals surface area contributed by atoms with Gasteiger partial charge >= 0.3 is 0 Å². The van der Waals surface area contributed by atoms with Crippen LogP contribution in [0.25, 0.3) is 0 Å². The highest BCUT2D eigenvalue weighted by Gasteiger charge is 2.31. The van der Waals surface area contributed by atoms with E-state index >= 15 is 0 Å². The number of hydrogen-bond acceptors (Lipinski definition) is 6. The Labute approximate surface area is 192 Å². The first-order chi connectivity index (χ1) is 15.4. The number of nitrogens with zero attached hydrogens (tertiary/aromatic N) is 1. The number of likely N-dealkylation sites (tertiary alicyclic amines) is 1. The number of rotatable bonds is 10. The summed E-state index contributed by atoms with van der Waals surface area (Å²) in [6.07, 6.45) is 2.35. The van der Waals surface area contributed by atoms with Crippen molar-refractivity contribution in [1.29, 1.82) is 0 Å². The average molecular weight is 444 g/mol. The molecule has 1 atom stereocenters. The number of aliphatic hydroxyl groups is 1. The SMILES string of the molecule is COCCOc1cc(CN2CCC[C@@](O)(COc3ccc(C)cc3C)CC2)ccc1OC. The summed E-state index contributed by atoms with van der Waals surface area (Å²) in [5.41, 5.74) is 2.67. The lowest BCUT2D eigenvalue weighted by molar-refractivity contribution is -0.0170. The van der Waals surface area contributed by atoms with Crippen LogP contribution in [0.1, 0.15) is 36.0 Å². The van der Waals surface area contributed by atoms with Gasteiger partial charge in [-0.3, -0.25) is 4.90 Å². The summed E-state index contributed by atoms with van der Waals surface area (Å²) in [5, 5.41) is 11.2. The maximum absolute atomic E-state index is 11.2. The van der Waals surface area contributed by atoms with Crippen LogP contribution < -0.4 is 14.2 Å². The minimum absolute atomic E-state index is 0.324. The van der Waals surface area contributed by atoms with E-state index in [9.17, 15) is 5.11 Å². The van der Waals surface area contributed by atoms with Crippen molar-refractivity contribution < 1.29 is 24.1 Å². The Kier molecular flexibility index (Phi) is 8.79. The smallest absolute Gasteiger partial charge is 0.161 e. The van der Waals surface area contributed by atoms with Gasteiger partial charge in [-0.2, -0.15) is 0 Å². The highest BCUT2D eigenvalue weighted by molar-refractivity contribution is 5.43. The highest BCUT2D eigenvalue weighted by Crippen LogP contribution is 2.30. The molecular weight excluding hydrogens is 406 g/mol. The molecule has 1 aliphatic rings. The van der Waals surface area contributed by atoms with Gasteiger partial charge in [0, 0.05) is 20.2 Å². The molecule has 1 N–H and O–H groups in total. The van der Waals surface area contributed by atoms with Gasteiger partial charge in [-0.25, -0.2) is 0 Å². The van der Waals surface area contributed by atoms with Gasteiger partial charge in [0.2, 0.25) is 0 Å². The molecular formula is C26H37NO5. The van der Waals surface area contributed by atoms with Crippen molar-refractivity contribution in [2.75, 3.05) is 47.1 Å². The van der Waals surface area contributed by atoms with Crippen LogP contribution in [0, 0.1) is 13.8 Å². The molecule has 1 saturated heterocycles. The second-order valence-electron chi connectivity index (χ2n) is 8.74. The molecule has 0 aliphatic carbocycles. The molecule has 2 aromatic rings. The summed E-state index contributed by atoms with van der Waals surface area (Å²) in [7, 11) is 3.30. The fourth-order valence-electron chi connectivity index (χ4n) is 4.14. The fraction of sp³-hybridized carbons (Fsp3) is 0.538. The van der Waals surface area contributed by atoms with Crippen LogP contribution >= 0.6 is 0 Å². The lowest BCUT2D eigenvalue weighted by atomic mass is 9.96. The normalized spacial score (nSPS) is 19.4. The molecule has 0 unspecified atom stereocenters. The van der Waals surface area contributed by atoms with Crippen molar-refractivity contribution >= 4 is 0 Å². The number of hydrogen-bond donors (Lipinski definition) is 1. The van der Waals surface area contributed by atoms with E-state index in [2.05, 4.69) is 24.0 Å². The first-order valence-corrected chi connectivity index (χ1v) is 11.4. The summed E-state index contributed by atoms with van der Waals surface area (Å²) >= 11 is 0. The van der Waals surface area contributed by atoms with Crippen LogP contribution in [0.3, 0.4) is 0 Å². The summed E-state index contributed by atoms with van der Waals surface area (Å²) in [5.74, 6) is 2.30. The molecule has 0 radical (unpaired) electrons. The molecule has 0 bridgehead atoms. The summed E-state index contributed by atoms with van der Waals surface area (Å²) < 4.78 is 22.3. The molecule has 2 aromatic carbocycles. The predicted molar refractivity (Wildman–Crippen MR) is 126 cm³/mol. The first kappa shape index (κ1) is 24.4. The monoisotopic (exact) mass is 443 g/mol. The minimum atomic E-state index is -0.805. The summed E-state index contributed by atoms with van der Waals surface area (Å²) in [4.78, 5) is 2.38. The zero-order valence-corrected chi connectivity index (χ0v) is 19.9. The van der Waals surface area contributed by atoms with E-state index < -0.39 is 5.60 Å². The third-order valence-electron chi connectivity index (χ3n) is 6.02. The Morgan fingerprint density at radius 1 is 0.906 bits per heavy atom. The molecule has 3 rings (SSSR count). The largest absolute Gasteiger partial charge is 0.493 e. The standard InChI is InChI=1S/C26H37NO5/c1-20-6-8-23(21(2)16-20)32-19-26(28)10-5-12-27(13-11-26)18-22-7-9-24(30-4)25(17-22)31-15-14-29-3/h6-9,16-17,28H,5,10-15,18-19H2,1-4H3/t26-/m0/s1. The van der Waals surface area contributed by atoms with Gasteiger partial charge in [-0.15, -0.1) is 0 Å². The first-order valence-electron chi connectivity index (χ1n) is 11.4. The van der Waals surface area contributed by atoms with Crippen molar-refractivity contribution in [1.82, 2.24) is 4.90 Å². The van der Waals surface area contributed by atoms with E-state index in [1.54, 1.807) is 14.2 Å². The molecule has 1 heterocycles. The van der Waals surface area contributed by atoms with Crippen molar-refractivity contribution in [3.63, 3.8) is 0 Å². The fourth-order valence-corrected chi connectivity index (χ4v) is 4.14. The number of methoxy groups -OCH3 is 2. The van der Waals surface area contributed by atoms with E-state index in [0.717, 1.165) is 60.9 Å². The Morgan fingerprint density at radius 2 is 1.72 bits per heavy atom. The molecule has 32 heavy (non-hydrogen) atoms. The molecule has 0 amide bonds. The lowest BCUT2D eigenvalue weighted by Gasteiger charge is -2.27. The van der Waals surface area contributed by atoms with Gasteiger partial charge in [0.05, 0.1) is 19.3 Å². The third-order valence-corrected chi connectivity index (χ3v) is 6.02. The molecule has 0 spiro atoms. The topological polar surface area (TPSA) is 60.4 Å². The van der Waals surface area contributed by atoms with E-state index in [1.807, 2.05) is 31.2 Å². The van der Waals surface area contributed by atoms with Crippen molar-refractivity contribution in [3.05, 3.63) is 53.1 Å². The van der Waals surface area contributed by atoms with Crippen molar-refractivity contribution in [2.24, 2.45) is 0 Å². The van der Waals surface area contributed by atoms with Crippen LogP contribution in [0.15, 0.2) is 36.4 Å². The van der Waals surface area contributed by atoms with E-state index in [-0.39, 0.29) is 0 Å². The Morgan fingerprint density at radius 3 is 2.47 bits per heavy atom. The molecule has 6 nitrogen and oxygen atoms in total. The quantitative estimate of drug-likeness (QED) is 0.557. The van der Waals surface area contributed by atoms with Gasteiger partial charge in [0.15, 0.2) is 11.5 Å². The molecule has 0 aromatic heterocycles. The zero-order valence-electron chi connectivity index (χ0n) is 19.9. The minimum Gasteiger partial charge on any atom is -0.493 e. The second kappa shape index (κ2) is 11.5. The average Bonchev–Trinajstić information content (AvgIpc) is 2.95. The number of aryl methyl sites for hydroxylation is 2. The van der Waals surface area contributed by atoms with Gasteiger partial charge in [-0.1, -0.05) is 23.8 Å². The molecule has 6 heteroatoms. The van der Waals surface area contributed by atoms with Gasteiger partial charge in [-0.05, 0) is 69.0 Å². The van der Waals surface area contributed by atoms with Crippen molar-refractivity contribution in [2.45, 2.75) is 45.3 Å². The van der Waals surface area contributed by atoms with E-state index in [1.165, 1.54) is 5.56 Å². The summed E-state index contributed by atoms with van der Waals surface area (Å²) in [6.45, 7) is 8.01. The van der Waals surface area contributed by atoms with Gasteiger partial charge in [0.25, 0.3) is 0 Å². The van der Waals surface area contributed by atoms with Crippen LogP contribution in [0.2, 0.25) is 0 Å². The van der Waals surface area contributed by atoms with E-state index in [4.69, 9.17) is 18.9 Å². The van der Waals surface area contributed by atoms with Gasteiger partial charge in [0.1, 0.15) is 19.0 Å². The third kappa shape index (κ3) is 6.86. The number of benzene rings is 2. The number of ether oxygens (including phenoxy) is 4. The summed E-state index contributed by atoms with van der Waals surface area (Å²) in [6, 6.07) is 12.2. The van der Waals surface area contributed by atoms with Crippen molar-refractivity contribution in [3.8, 4) is 17.2 Å². The molecule has 1 fully saturated rings. The lowest BCUT2D eigenvalue weighted by Crippen LogP contribution is -2.37. The van der Waals surface area contributed by atoms with Gasteiger partial charge < -0.3 is 24.1 Å². The van der Waals surface area contributed by atoms with Crippen LogP contribution in [-0.4, -0.2) is 62.7 Å². The Hall–Kier alpha value is -2.28. The predicted octanol–water partition coefficient (Wildman–Crippen LogP) is 4.13. The van der Waals surface area contributed by atoms with Crippen LogP contribution in [0.4, 0.5) is 0 Å². The van der Waals surface area contributed by atoms with Crippen LogP contribution in [-0.2, 0) is 11.3 Å². The van der Waals surface area contributed by atoms with Crippen LogP contribution in [0.5, 0.6) is 17.2 Å². The molecule has 0 saturated carbocycles. The molecule has 176 valence electrons.